The van der Waals surface area contributed by atoms with E-state index in [1.807, 2.05) is 11.6 Å². The molecule has 0 atom stereocenters. The maximum Gasteiger partial charge on any atom is 0.132 e. The van der Waals surface area contributed by atoms with Crippen LogP contribution in [0.1, 0.15) is 5.82 Å². The van der Waals surface area contributed by atoms with Crippen molar-refractivity contribution >= 4 is 15.9 Å². The van der Waals surface area contributed by atoms with Crippen molar-refractivity contribution in [3.05, 3.63) is 40.5 Å². The van der Waals surface area contributed by atoms with E-state index in [-0.39, 0.29) is 5.82 Å². The van der Waals surface area contributed by atoms with Crippen LogP contribution in [0.3, 0.4) is 0 Å². The van der Waals surface area contributed by atoms with Gasteiger partial charge in [-0.1, -0.05) is 0 Å². The summed E-state index contributed by atoms with van der Waals surface area (Å²) in [5.41, 5.74) is 7.38. The molecule has 0 aliphatic carbocycles. The molecule has 0 radical (unpaired) electrons. The zero-order valence-electron chi connectivity index (χ0n) is 8.74. The zero-order chi connectivity index (χ0) is 11.7. The Bertz CT molecular complexity index is 505. The van der Waals surface area contributed by atoms with Gasteiger partial charge in [0.15, 0.2) is 0 Å². The highest BCUT2D eigenvalue weighted by molar-refractivity contribution is 9.10. The molecule has 84 valence electrons. The van der Waals surface area contributed by atoms with E-state index in [9.17, 15) is 4.39 Å². The van der Waals surface area contributed by atoms with Gasteiger partial charge in [-0.25, -0.2) is 9.37 Å². The van der Waals surface area contributed by atoms with Gasteiger partial charge in [0.1, 0.15) is 16.2 Å². The SMILES string of the molecule is Cn1c(CN)nc(Br)c1-c1ccc(F)cc1. The lowest BCUT2D eigenvalue weighted by Crippen LogP contribution is -2.05. The number of hydrogen-bond acceptors (Lipinski definition) is 2. The number of imidazole rings is 1. The maximum atomic E-state index is 12.8. The summed E-state index contributed by atoms with van der Waals surface area (Å²) in [5, 5.41) is 0. The van der Waals surface area contributed by atoms with Gasteiger partial charge >= 0.3 is 0 Å². The summed E-state index contributed by atoms with van der Waals surface area (Å²) in [6.07, 6.45) is 0. The smallest absolute Gasteiger partial charge is 0.132 e. The van der Waals surface area contributed by atoms with Crippen molar-refractivity contribution < 1.29 is 4.39 Å². The van der Waals surface area contributed by atoms with Gasteiger partial charge < -0.3 is 10.3 Å². The van der Waals surface area contributed by atoms with E-state index in [0.29, 0.717) is 6.54 Å². The molecule has 0 spiro atoms. The van der Waals surface area contributed by atoms with Crippen LogP contribution in [0.15, 0.2) is 28.9 Å². The fourth-order valence-corrected chi connectivity index (χ4v) is 2.31. The van der Waals surface area contributed by atoms with Crippen LogP contribution in [-0.2, 0) is 13.6 Å². The van der Waals surface area contributed by atoms with E-state index in [4.69, 9.17) is 5.73 Å². The second-order valence-corrected chi connectivity index (χ2v) is 4.19. The van der Waals surface area contributed by atoms with Crippen LogP contribution in [-0.4, -0.2) is 9.55 Å². The molecule has 5 heteroatoms. The summed E-state index contributed by atoms with van der Waals surface area (Å²) in [6, 6.07) is 6.29. The molecule has 1 heterocycles. The van der Waals surface area contributed by atoms with Gasteiger partial charge in [0.25, 0.3) is 0 Å². The van der Waals surface area contributed by atoms with Crippen LogP contribution in [0.4, 0.5) is 4.39 Å². The minimum absolute atomic E-state index is 0.249. The molecule has 1 aromatic carbocycles. The van der Waals surface area contributed by atoms with Gasteiger partial charge in [0, 0.05) is 12.6 Å². The highest BCUT2D eigenvalue weighted by Gasteiger charge is 2.13. The lowest BCUT2D eigenvalue weighted by Gasteiger charge is -2.05. The van der Waals surface area contributed by atoms with Crippen LogP contribution >= 0.6 is 15.9 Å². The largest absolute Gasteiger partial charge is 0.329 e. The zero-order valence-corrected chi connectivity index (χ0v) is 10.3. The number of nitrogens with two attached hydrogens (primary N) is 1. The minimum Gasteiger partial charge on any atom is -0.329 e. The summed E-state index contributed by atoms with van der Waals surface area (Å²) in [6.45, 7) is 0.371. The van der Waals surface area contributed by atoms with Gasteiger partial charge in [-0.3, -0.25) is 0 Å². The second-order valence-electron chi connectivity index (χ2n) is 3.44. The van der Waals surface area contributed by atoms with Crippen molar-refractivity contribution in [2.75, 3.05) is 0 Å². The van der Waals surface area contributed by atoms with Crippen LogP contribution in [0.2, 0.25) is 0 Å². The van der Waals surface area contributed by atoms with Crippen molar-refractivity contribution in [1.82, 2.24) is 9.55 Å². The van der Waals surface area contributed by atoms with Gasteiger partial charge in [-0.2, -0.15) is 0 Å². The van der Waals surface area contributed by atoms with Crippen LogP contribution in [0.25, 0.3) is 11.3 Å². The molecule has 0 saturated heterocycles. The second kappa shape index (κ2) is 4.35. The van der Waals surface area contributed by atoms with E-state index in [0.717, 1.165) is 21.7 Å². The van der Waals surface area contributed by atoms with E-state index < -0.39 is 0 Å². The molecule has 3 nitrogen and oxygen atoms in total. The predicted molar refractivity (Wildman–Crippen MR) is 64.2 cm³/mol. The first-order chi connectivity index (χ1) is 7.63. The molecule has 0 saturated carbocycles. The summed E-state index contributed by atoms with van der Waals surface area (Å²) < 4.78 is 15.4. The average Bonchev–Trinajstić information content (AvgIpc) is 2.56. The van der Waals surface area contributed by atoms with E-state index in [2.05, 4.69) is 20.9 Å². The van der Waals surface area contributed by atoms with Gasteiger partial charge in [0.05, 0.1) is 12.2 Å². The van der Waals surface area contributed by atoms with Crippen molar-refractivity contribution in [3.8, 4) is 11.3 Å². The Morgan fingerprint density at radius 2 is 2.00 bits per heavy atom. The van der Waals surface area contributed by atoms with Gasteiger partial charge in [-0.15, -0.1) is 0 Å². The first kappa shape index (κ1) is 11.3. The summed E-state index contributed by atoms with van der Waals surface area (Å²) in [4.78, 5) is 4.29. The highest BCUT2D eigenvalue weighted by Crippen LogP contribution is 2.28. The van der Waals surface area contributed by atoms with Crippen molar-refractivity contribution in [2.45, 2.75) is 6.54 Å². The van der Waals surface area contributed by atoms with Crippen molar-refractivity contribution in [2.24, 2.45) is 12.8 Å². The quantitative estimate of drug-likeness (QED) is 0.920. The Morgan fingerprint density at radius 1 is 1.38 bits per heavy atom. The van der Waals surface area contributed by atoms with Crippen molar-refractivity contribution in [1.29, 1.82) is 0 Å². The lowest BCUT2D eigenvalue weighted by atomic mass is 10.1. The number of nitrogens with zero attached hydrogens (tertiary/aromatic N) is 2. The van der Waals surface area contributed by atoms with Crippen LogP contribution < -0.4 is 5.73 Å². The highest BCUT2D eigenvalue weighted by atomic mass is 79.9. The normalized spacial score (nSPS) is 10.8. The first-order valence-electron chi connectivity index (χ1n) is 4.80. The molecule has 0 aliphatic heterocycles. The average molecular weight is 284 g/mol. The topological polar surface area (TPSA) is 43.8 Å². The fourth-order valence-electron chi connectivity index (χ4n) is 1.61. The summed E-state index contributed by atoms with van der Waals surface area (Å²) >= 11 is 3.38. The first-order valence-corrected chi connectivity index (χ1v) is 5.60. The lowest BCUT2D eigenvalue weighted by molar-refractivity contribution is 0.628. The predicted octanol–water partition coefficient (Wildman–Crippen LogP) is 2.45. The standard InChI is InChI=1S/C11H11BrFN3/c1-16-9(6-14)15-11(12)10(16)7-2-4-8(13)5-3-7/h2-5H,6,14H2,1H3. The monoisotopic (exact) mass is 283 g/mol. The van der Waals surface area contributed by atoms with Gasteiger partial charge in [0.2, 0.25) is 0 Å². The number of halogens is 2. The fraction of sp³-hybridized carbons (Fsp3) is 0.182. The Labute approximate surface area is 101 Å². The molecular weight excluding hydrogens is 273 g/mol. The Kier molecular flexibility index (Phi) is 3.07. The molecule has 2 rings (SSSR count). The van der Waals surface area contributed by atoms with Gasteiger partial charge in [-0.05, 0) is 40.2 Å². The molecule has 0 aliphatic rings. The summed E-state index contributed by atoms with van der Waals surface area (Å²) in [5.74, 6) is 0.535. The molecule has 2 aromatic rings. The van der Waals surface area contributed by atoms with Crippen molar-refractivity contribution in [3.63, 3.8) is 0 Å². The number of rotatable bonds is 2. The molecular formula is C11H11BrFN3. The third kappa shape index (κ3) is 1.88. The third-order valence-electron chi connectivity index (χ3n) is 2.45. The Morgan fingerprint density at radius 3 is 2.50 bits per heavy atom. The van der Waals surface area contributed by atoms with E-state index in [1.54, 1.807) is 12.1 Å². The maximum absolute atomic E-state index is 12.8. The third-order valence-corrected chi connectivity index (χ3v) is 3.00. The van der Waals surface area contributed by atoms with E-state index in [1.165, 1.54) is 12.1 Å². The summed E-state index contributed by atoms with van der Waals surface area (Å²) in [7, 11) is 1.89. The van der Waals surface area contributed by atoms with Crippen LogP contribution in [0.5, 0.6) is 0 Å². The molecule has 0 fully saturated rings. The molecule has 0 unspecified atom stereocenters. The Balaban J connectivity index is 2.55. The molecule has 0 amide bonds. The number of benzene rings is 1. The molecule has 0 bridgehead atoms. The van der Waals surface area contributed by atoms with E-state index >= 15 is 0 Å². The molecule has 16 heavy (non-hydrogen) atoms. The van der Waals surface area contributed by atoms with Crippen LogP contribution in [0, 0.1) is 5.82 Å². The number of hydrogen-bond donors (Lipinski definition) is 1. The Hall–Kier alpha value is -1.20. The minimum atomic E-state index is -0.249. The number of aromatic nitrogens is 2. The molecule has 1 aromatic heterocycles. The molecule has 2 N–H and O–H groups in total.